The third kappa shape index (κ3) is 4.24. The molecule has 0 aliphatic heterocycles. The first-order chi connectivity index (χ1) is 9.63. The van der Waals surface area contributed by atoms with Gasteiger partial charge in [-0.2, -0.15) is 0 Å². The number of halogens is 1. The summed E-state index contributed by atoms with van der Waals surface area (Å²) < 4.78 is 18.0. The van der Waals surface area contributed by atoms with Gasteiger partial charge in [0.2, 0.25) is 5.91 Å². The number of rotatable bonds is 5. The van der Waals surface area contributed by atoms with Gasteiger partial charge in [-0.3, -0.25) is 4.79 Å². The van der Waals surface area contributed by atoms with E-state index in [1.807, 2.05) is 0 Å². The van der Waals surface area contributed by atoms with E-state index in [1.165, 1.54) is 12.1 Å². The lowest BCUT2D eigenvalue weighted by atomic mass is 10.3. The predicted octanol–water partition coefficient (Wildman–Crippen LogP) is 2.21. The summed E-state index contributed by atoms with van der Waals surface area (Å²) in [5.41, 5.74) is 6.21. The van der Waals surface area contributed by atoms with Crippen molar-refractivity contribution in [1.29, 1.82) is 0 Å². The quantitative estimate of drug-likeness (QED) is 0.820. The number of hydrogen-bond acceptors (Lipinski definition) is 4. The summed E-state index contributed by atoms with van der Waals surface area (Å²) in [6.45, 7) is 0.219. The highest BCUT2D eigenvalue weighted by Gasteiger charge is 2.04. The van der Waals surface area contributed by atoms with Crippen LogP contribution in [0.4, 0.5) is 15.9 Å². The molecule has 0 fully saturated rings. The Balaban J connectivity index is 1.76. The number of anilines is 2. The molecular formula is C14H14FN3O2. The van der Waals surface area contributed by atoms with Crippen LogP contribution in [0.2, 0.25) is 0 Å². The van der Waals surface area contributed by atoms with Gasteiger partial charge in [0.15, 0.2) is 0 Å². The minimum atomic E-state index is -0.451. The molecule has 104 valence electrons. The monoisotopic (exact) mass is 275 g/mol. The van der Waals surface area contributed by atoms with Crippen molar-refractivity contribution in [3.8, 4) is 5.75 Å². The number of benzene rings is 1. The van der Waals surface area contributed by atoms with Crippen molar-refractivity contribution in [2.75, 3.05) is 17.7 Å². The molecule has 0 aliphatic rings. The van der Waals surface area contributed by atoms with E-state index in [0.717, 1.165) is 6.20 Å². The van der Waals surface area contributed by atoms with Crippen molar-refractivity contribution in [3.63, 3.8) is 0 Å². The van der Waals surface area contributed by atoms with Crippen molar-refractivity contribution in [2.45, 2.75) is 6.42 Å². The zero-order valence-electron chi connectivity index (χ0n) is 10.7. The lowest BCUT2D eigenvalue weighted by Crippen LogP contribution is -2.16. The lowest BCUT2D eigenvalue weighted by molar-refractivity contribution is -0.116. The third-order valence-corrected chi connectivity index (χ3v) is 2.45. The highest BCUT2D eigenvalue weighted by molar-refractivity contribution is 5.89. The van der Waals surface area contributed by atoms with Gasteiger partial charge in [0.1, 0.15) is 17.4 Å². The highest BCUT2D eigenvalue weighted by Crippen LogP contribution is 2.14. The molecule has 1 aromatic heterocycles. The Morgan fingerprint density at radius 2 is 2.20 bits per heavy atom. The first kappa shape index (κ1) is 13.8. The number of amides is 1. The molecule has 0 atom stereocenters. The number of aromatic nitrogens is 1. The number of nitrogens with zero attached hydrogens (tertiary/aromatic N) is 1. The van der Waals surface area contributed by atoms with Gasteiger partial charge in [0.05, 0.1) is 19.2 Å². The average Bonchev–Trinajstić information content (AvgIpc) is 2.41. The third-order valence-electron chi connectivity index (χ3n) is 2.45. The number of pyridine rings is 1. The van der Waals surface area contributed by atoms with Crippen LogP contribution in [0, 0.1) is 5.82 Å². The molecule has 6 heteroatoms. The first-order valence-corrected chi connectivity index (χ1v) is 6.03. The van der Waals surface area contributed by atoms with Crippen LogP contribution in [-0.2, 0) is 4.79 Å². The minimum Gasteiger partial charge on any atom is -0.493 e. The topological polar surface area (TPSA) is 77.2 Å². The number of nitrogens with one attached hydrogen (secondary N) is 1. The molecule has 1 heterocycles. The number of hydrogen-bond donors (Lipinski definition) is 2. The van der Waals surface area contributed by atoms with Crippen LogP contribution in [0.15, 0.2) is 42.6 Å². The van der Waals surface area contributed by atoms with Crippen LogP contribution < -0.4 is 15.8 Å². The number of nitrogen functional groups attached to an aromatic ring is 1. The number of carbonyl (C=O) groups is 1. The summed E-state index contributed by atoms with van der Waals surface area (Å²) in [4.78, 5) is 15.3. The maximum absolute atomic E-state index is 12.6. The first-order valence-electron chi connectivity index (χ1n) is 6.03. The van der Waals surface area contributed by atoms with Crippen LogP contribution in [-0.4, -0.2) is 17.5 Å². The summed E-state index contributed by atoms with van der Waals surface area (Å²) in [5.74, 6) is 0.207. The van der Waals surface area contributed by atoms with Crippen molar-refractivity contribution in [2.24, 2.45) is 0 Å². The maximum Gasteiger partial charge on any atom is 0.228 e. The second-order valence-corrected chi connectivity index (χ2v) is 4.08. The van der Waals surface area contributed by atoms with Gasteiger partial charge in [-0.25, -0.2) is 9.37 Å². The number of nitrogens with two attached hydrogens (primary N) is 1. The Morgan fingerprint density at radius 3 is 2.90 bits per heavy atom. The SMILES string of the molecule is Nc1cccc(OCCC(=O)Nc2ccc(F)cn2)c1. The minimum absolute atomic E-state index is 0.161. The normalized spacial score (nSPS) is 10.1. The van der Waals surface area contributed by atoms with Crippen LogP contribution in [0.25, 0.3) is 0 Å². The van der Waals surface area contributed by atoms with Gasteiger partial charge in [0, 0.05) is 11.8 Å². The molecule has 1 amide bonds. The van der Waals surface area contributed by atoms with Gasteiger partial charge >= 0.3 is 0 Å². The van der Waals surface area contributed by atoms with Crippen LogP contribution >= 0.6 is 0 Å². The maximum atomic E-state index is 12.6. The zero-order chi connectivity index (χ0) is 14.4. The standard InChI is InChI=1S/C14H14FN3O2/c15-10-4-5-13(17-9-10)18-14(19)6-7-20-12-3-1-2-11(16)8-12/h1-5,8-9H,6-7,16H2,(H,17,18,19). The second kappa shape index (κ2) is 6.51. The summed E-state index contributed by atoms with van der Waals surface area (Å²) in [6, 6.07) is 9.58. The van der Waals surface area contributed by atoms with Crippen LogP contribution in [0.3, 0.4) is 0 Å². The van der Waals surface area contributed by atoms with E-state index in [2.05, 4.69) is 10.3 Å². The summed E-state index contributed by atoms with van der Waals surface area (Å²) in [6.07, 6.45) is 1.20. The van der Waals surface area contributed by atoms with Gasteiger partial charge in [-0.1, -0.05) is 6.07 Å². The number of ether oxygens (including phenoxy) is 1. The van der Waals surface area contributed by atoms with E-state index in [-0.39, 0.29) is 18.9 Å². The molecule has 0 unspecified atom stereocenters. The van der Waals surface area contributed by atoms with Gasteiger partial charge in [-0.15, -0.1) is 0 Å². The molecule has 1 aromatic carbocycles. The zero-order valence-corrected chi connectivity index (χ0v) is 10.7. The van der Waals surface area contributed by atoms with E-state index in [9.17, 15) is 9.18 Å². The van der Waals surface area contributed by atoms with Gasteiger partial charge < -0.3 is 15.8 Å². The van der Waals surface area contributed by atoms with E-state index in [4.69, 9.17) is 10.5 Å². The molecule has 0 spiro atoms. The fourth-order valence-corrected chi connectivity index (χ4v) is 1.52. The Bertz CT molecular complexity index is 587. The van der Waals surface area contributed by atoms with E-state index in [1.54, 1.807) is 24.3 Å². The largest absolute Gasteiger partial charge is 0.493 e. The average molecular weight is 275 g/mol. The van der Waals surface area contributed by atoms with Crippen LogP contribution in [0.1, 0.15) is 6.42 Å². The molecule has 0 radical (unpaired) electrons. The Labute approximate surface area is 115 Å². The molecule has 2 aromatic rings. The van der Waals surface area contributed by atoms with Crippen molar-refractivity contribution in [1.82, 2.24) is 4.98 Å². The van der Waals surface area contributed by atoms with Crippen molar-refractivity contribution >= 4 is 17.4 Å². The Morgan fingerprint density at radius 1 is 1.35 bits per heavy atom. The fraction of sp³-hybridized carbons (Fsp3) is 0.143. The fourth-order valence-electron chi connectivity index (χ4n) is 1.52. The van der Waals surface area contributed by atoms with Crippen molar-refractivity contribution < 1.29 is 13.9 Å². The molecule has 0 aliphatic carbocycles. The Kier molecular flexibility index (Phi) is 4.49. The molecule has 5 nitrogen and oxygen atoms in total. The molecule has 2 rings (SSSR count). The van der Waals surface area contributed by atoms with E-state index in [0.29, 0.717) is 17.3 Å². The van der Waals surface area contributed by atoms with Crippen molar-refractivity contribution in [3.05, 3.63) is 48.4 Å². The van der Waals surface area contributed by atoms with E-state index >= 15 is 0 Å². The molecule has 0 saturated carbocycles. The predicted molar refractivity (Wildman–Crippen MR) is 73.8 cm³/mol. The highest BCUT2D eigenvalue weighted by atomic mass is 19.1. The van der Waals surface area contributed by atoms with E-state index < -0.39 is 5.82 Å². The molecule has 3 N–H and O–H groups in total. The lowest BCUT2D eigenvalue weighted by Gasteiger charge is -2.07. The molecule has 0 bridgehead atoms. The second-order valence-electron chi connectivity index (χ2n) is 4.08. The molecule has 20 heavy (non-hydrogen) atoms. The smallest absolute Gasteiger partial charge is 0.228 e. The Hall–Kier alpha value is -2.63. The molecular weight excluding hydrogens is 261 g/mol. The summed E-state index contributed by atoms with van der Waals surface area (Å²) in [7, 11) is 0. The summed E-state index contributed by atoms with van der Waals surface area (Å²) >= 11 is 0. The van der Waals surface area contributed by atoms with Gasteiger partial charge in [-0.05, 0) is 24.3 Å². The van der Waals surface area contributed by atoms with Crippen LogP contribution in [0.5, 0.6) is 5.75 Å². The number of carbonyl (C=O) groups excluding carboxylic acids is 1. The summed E-state index contributed by atoms with van der Waals surface area (Å²) in [5, 5.41) is 2.55. The molecule has 0 saturated heterocycles. The van der Waals surface area contributed by atoms with Gasteiger partial charge in [0.25, 0.3) is 0 Å².